The Kier molecular flexibility index (Phi) is 3.52. The van der Waals surface area contributed by atoms with Crippen molar-refractivity contribution in [2.24, 2.45) is 11.7 Å². The van der Waals surface area contributed by atoms with Gasteiger partial charge in [0.05, 0.1) is 10.9 Å². The molecule has 1 aliphatic carbocycles. The number of rotatable bonds is 3. The Labute approximate surface area is 104 Å². The molecular formula is C11H15ClN2OS. The normalized spacial score (nSPS) is 23.9. The van der Waals surface area contributed by atoms with Crippen LogP contribution < -0.4 is 5.73 Å². The first-order valence-corrected chi connectivity index (χ1v) is 6.50. The van der Waals surface area contributed by atoms with Gasteiger partial charge in [-0.3, -0.25) is 4.79 Å². The maximum absolute atomic E-state index is 11.9. The van der Waals surface area contributed by atoms with Gasteiger partial charge < -0.3 is 10.6 Å². The van der Waals surface area contributed by atoms with Gasteiger partial charge in [0.25, 0.3) is 0 Å². The highest BCUT2D eigenvalue weighted by molar-refractivity contribution is 7.16. The fraction of sp³-hybridized carbons (Fsp3) is 0.545. The highest BCUT2D eigenvalue weighted by atomic mass is 35.5. The molecular weight excluding hydrogens is 244 g/mol. The Morgan fingerprint density at radius 1 is 1.62 bits per heavy atom. The second-order valence-electron chi connectivity index (χ2n) is 4.33. The Morgan fingerprint density at radius 2 is 2.31 bits per heavy atom. The van der Waals surface area contributed by atoms with Gasteiger partial charge in [-0.25, -0.2) is 0 Å². The van der Waals surface area contributed by atoms with E-state index in [0.717, 1.165) is 22.1 Å². The van der Waals surface area contributed by atoms with Crippen molar-refractivity contribution >= 4 is 28.8 Å². The molecule has 0 aromatic carbocycles. The van der Waals surface area contributed by atoms with E-state index >= 15 is 0 Å². The minimum Gasteiger partial charge on any atom is -0.340 e. The summed E-state index contributed by atoms with van der Waals surface area (Å²) in [5, 5.41) is 0. The van der Waals surface area contributed by atoms with Gasteiger partial charge >= 0.3 is 0 Å². The average Bonchev–Trinajstić information content (AvgIpc) is 2.58. The minimum atomic E-state index is 0.135. The zero-order valence-electron chi connectivity index (χ0n) is 9.15. The number of thiophene rings is 1. The van der Waals surface area contributed by atoms with Gasteiger partial charge in [0.1, 0.15) is 0 Å². The van der Waals surface area contributed by atoms with Crippen molar-refractivity contribution in [3.05, 3.63) is 21.3 Å². The van der Waals surface area contributed by atoms with E-state index in [1.807, 2.05) is 19.2 Å². The summed E-state index contributed by atoms with van der Waals surface area (Å²) >= 11 is 7.36. The lowest BCUT2D eigenvalue weighted by Gasteiger charge is -2.34. The van der Waals surface area contributed by atoms with Crippen LogP contribution in [0.25, 0.3) is 0 Å². The molecule has 2 rings (SSSR count). The van der Waals surface area contributed by atoms with Gasteiger partial charge in [0.15, 0.2) is 0 Å². The summed E-state index contributed by atoms with van der Waals surface area (Å²) < 4.78 is 0.765. The molecule has 2 N–H and O–H groups in total. The molecule has 88 valence electrons. The summed E-state index contributed by atoms with van der Waals surface area (Å²) in [6.07, 6.45) is 1.66. The van der Waals surface area contributed by atoms with Crippen molar-refractivity contribution in [2.75, 3.05) is 7.05 Å². The molecule has 1 amide bonds. The fourth-order valence-electron chi connectivity index (χ4n) is 1.92. The smallest absolute Gasteiger partial charge is 0.225 e. The molecule has 0 unspecified atom stereocenters. The molecule has 1 aromatic heterocycles. The van der Waals surface area contributed by atoms with Crippen LogP contribution in [0, 0.1) is 5.92 Å². The number of halogens is 1. The van der Waals surface area contributed by atoms with Crippen LogP contribution in [0.1, 0.15) is 17.7 Å². The Hall–Kier alpha value is -0.580. The Balaban J connectivity index is 1.88. The number of carbonyl (C=O) groups excluding carboxylic acids is 1. The standard InChI is InChI=1S/C11H15ClN2OS/c1-14(6-9-2-3-10(12)16-9)11(15)7-4-8(13)5-7/h2-3,7-8H,4-6,13H2,1H3. The van der Waals surface area contributed by atoms with Crippen LogP contribution >= 0.6 is 22.9 Å². The molecule has 0 saturated heterocycles. The van der Waals surface area contributed by atoms with Crippen molar-refractivity contribution in [1.82, 2.24) is 4.90 Å². The first-order chi connectivity index (χ1) is 7.56. The van der Waals surface area contributed by atoms with E-state index in [-0.39, 0.29) is 17.9 Å². The van der Waals surface area contributed by atoms with Crippen LogP contribution in [-0.2, 0) is 11.3 Å². The molecule has 0 aliphatic heterocycles. The molecule has 5 heteroatoms. The first-order valence-electron chi connectivity index (χ1n) is 5.31. The van der Waals surface area contributed by atoms with Crippen molar-refractivity contribution < 1.29 is 4.79 Å². The molecule has 0 spiro atoms. The molecule has 1 aromatic rings. The lowest BCUT2D eigenvalue weighted by Crippen LogP contribution is -2.45. The molecule has 1 heterocycles. The van der Waals surface area contributed by atoms with E-state index in [2.05, 4.69) is 0 Å². The Bertz CT molecular complexity index is 387. The third-order valence-electron chi connectivity index (χ3n) is 2.92. The molecule has 16 heavy (non-hydrogen) atoms. The van der Waals surface area contributed by atoms with Gasteiger partial charge in [-0.1, -0.05) is 11.6 Å². The van der Waals surface area contributed by atoms with E-state index in [1.54, 1.807) is 4.90 Å². The van der Waals surface area contributed by atoms with Crippen LogP contribution in [0.4, 0.5) is 0 Å². The second kappa shape index (κ2) is 4.73. The number of hydrogen-bond donors (Lipinski definition) is 1. The zero-order chi connectivity index (χ0) is 11.7. The molecule has 0 radical (unpaired) electrons. The van der Waals surface area contributed by atoms with Gasteiger partial charge in [-0.2, -0.15) is 0 Å². The predicted molar refractivity (Wildman–Crippen MR) is 66.5 cm³/mol. The first kappa shape index (κ1) is 11.9. The number of nitrogens with two attached hydrogens (primary N) is 1. The van der Waals surface area contributed by atoms with Gasteiger partial charge in [-0.15, -0.1) is 11.3 Å². The number of nitrogens with zero attached hydrogens (tertiary/aromatic N) is 1. The lowest BCUT2D eigenvalue weighted by atomic mass is 9.80. The number of carbonyl (C=O) groups is 1. The number of hydrogen-bond acceptors (Lipinski definition) is 3. The number of amides is 1. The molecule has 3 nitrogen and oxygen atoms in total. The van der Waals surface area contributed by atoms with Crippen molar-refractivity contribution in [3.8, 4) is 0 Å². The van der Waals surface area contributed by atoms with Gasteiger partial charge in [-0.05, 0) is 25.0 Å². The Morgan fingerprint density at radius 3 is 2.81 bits per heavy atom. The lowest BCUT2D eigenvalue weighted by molar-refractivity contribution is -0.137. The average molecular weight is 259 g/mol. The maximum atomic E-state index is 11.9. The molecule has 1 aliphatic rings. The summed E-state index contributed by atoms with van der Waals surface area (Å²) in [5.41, 5.74) is 5.68. The van der Waals surface area contributed by atoms with Gasteiger partial charge in [0.2, 0.25) is 5.91 Å². The van der Waals surface area contributed by atoms with E-state index in [4.69, 9.17) is 17.3 Å². The highest BCUT2D eigenvalue weighted by Crippen LogP contribution is 2.28. The van der Waals surface area contributed by atoms with E-state index in [9.17, 15) is 4.79 Å². The van der Waals surface area contributed by atoms with Crippen LogP contribution in [0.5, 0.6) is 0 Å². The van der Waals surface area contributed by atoms with E-state index in [0.29, 0.717) is 6.54 Å². The van der Waals surface area contributed by atoms with Crippen LogP contribution in [0.15, 0.2) is 12.1 Å². The van der Waals surface area contributed by atoms with Gasteiger partial charge in [0, 0.05) is 23.9 Å². The van der Waals surface area contributed by atoms with Crippen LogP contribution in [-0.4, -0.2) is 23.9 Å². The zero-order valence-corrected chi connectivity index (χ0v) is 10.7. The molecule has 0 atom stereocenters. The summed E-state index contributed by atoms with van der Waals surface area (Å²) in [4.78, 5) is 14.8. The fourth-order valence-corrected chi connectivity index (χ4v) is 3.06. The van der Waals surface area contributed by atoms with Crippen molar-refractivity contribution in [1.29, 1.82) is 0 Å². The molecule has 0 bridgehead atoms. The highest BCUT2D eigenvalue weighted by Gasteiger charge is 2.33. The molecule has 1 saturated carbocycles. The maximum Gasteiger partial charge on any atom is 0.225 e. The topological polar surface area (TPSA) is 46.3 Å². The van der Waals surface area contributed by atoms with E-state index in [1.165, 1.54) is 11.3 Å². The monoisotopic (exact) mass is 258 g/mol. The summed E-state index contributed by atoms with van der Waals surface area (Å²) in [5.74, 6) is 0.335. The summed E-state index contributed by atoms with van der Waals surface area (Å²) in [6.45, 7) is 0.641. The minimum absolute atomic E-state index is 0.135. The van der Waals surface area contributed by atoms with Crippen LogP contribution in [0.2, 0.25) is 4.34 Å². The van der Waals surface area contributed by atoms with Crippen LogP contribution in [0.3, 0.4) is 0 Å². The largest absolute Gasteiger partial charge is 0.340 e. The predicted octanol–water partition coefficient (Wildman–Crippen LogP) is 2.10. The third-order valence-corrected chi connectivity index (χ3v) is 4.14. The molecule has 1 fully saturated rings. The quantitative estimate of drug-likeness (QED) is 0.903. The van der Waals surface area contributed by atoms with Crippen molar-refractivity contribution in [3.63, 3.8) is 0 Å². The summed E-state index contributed by atoms with van der Waals surface area (Å²) in [7, 11) is 1.83. The summed E-state index contributed by atoms with van der Waals surface area (Å²) in [6, 6.07) is 4.04. The van der Waals surface area contributed by atoms with E-state index < -0.39 is 0 Å². The third kappa shape index (κ3) is 2.56. The SMILES string of the molecule is CN(Cc1ccc(Cl)s1)C(=O)C1CC(N)C1. The second-order valence-corrected chi connectivity index (χ2v) is 6.13. The van der Waals surface area contributed by atoms with Crippen molar-refractivity contribution in [2.45, 2.75) is 25.4 Å².